The van der Waals surface area contributed by atoms with Gasteiger partial charge in [0.25, 0.3) is 0 Å². The summed E-state index contributed by atoms with van der Waals surface area (Å²) < 4.78 is 6.91. The molecule has 0 heterocycles. The summed E-state index contributed by atoms with van der Waals surface area (Å²) in [6, 6.07) is 56.6. The normalized spacial score (nSPS) is 12.5. The molecule has 2 heteroatoms. The molecule has 0 N–H and O–H groups in total. The summed E-state index contributed by atoms with van der Waals surface area (Å²) in [5, 5.41) is 15.6. The maximum Gasteiger partial charge on any atom is 0.324 e. The lowest BCUT2D eigenvalue weighted by molar-refractivity contribution is 0.000448. The Morgan fingerprint density at radius 2 is 0.811 bits per heavy atom. The largest absolute Gasteiger partial charge is 0.426 e. The van der Waals surface area contributed by atoms with Gasteiger partial charge in [-0.1, -0.05) is 173 Å². The molecule has 0 atom stereocenters. The van der Waals surface area contributed by atoms with Gasteiger partial charge in [-0.15, -0.1) is 0 Å². The predicted octanol–water partition coefficient (Wildman–Crippen LogP) is 13.5. The standard InChI is InChI=1S/C51H45BO/c1-50(2,3)51(4,5)53-52(6)37-29-34(27-33-23-25-46-42-19-9-7-15-38(42)40-17-11-13-21-44(40)48(46)30-33)28-36(31-37)35-24-26-47-43-20-10-8-16-39(43)41-18-12-14-22-45(41)49(47)32-35/h7-26,28-32H,27H2,1-6H3. The molecule has 0 amide bonds. The second-order valence-corrected chi connectivity index (χ2v) is 16.5. The maximum absolute atomic E-state index is 6.91. The van der Waals surface area contributed by atoms with Crippen molar-refractivity contribution in [2.75, 3.05) is 0 Å². The SMILES string of the molecule is CB(OC(C)(C)C(C)(C)C)c1cc(Cc2ccc3c4ccccc4c4ccccc4c3c2)cc(-c2ccc3c4ccccc4c4ccccc4c3c2)c1. The van der Waals surface area contributed by atoms with Crippen molar-refractivity contribution in [3.05, 3.63) is 163 Å². The Kier molecular flexibility index (Phi) is 7.95. The fraction of sp³-hybridized carbons (Fsp3) is 0.176. The van der Waals surface area contributed by atoms with Crippen LogP contribution in [-0.2, 0) is 11.1 Å². The highest BCUT2D eigenvalue weighted by molar-refractivity contribution is 6.66. The Morgan fingerprint density at radius 1 is 0.396 bits per heavy atom. The van der Waals surface area contributed by atoms with Crippen molar-refractivity contribution in [3.8, 4) is 11.1 Å². The van der Waals surface area contributed by atoms with Crippen LogP contribution in [0.25, 0.3) is 75.8 Å². The second-order valence-electron chi connectivity index (χ2n) is 16.5. The summed E-state index contributed by atoms with van der Waals surface area (Å²) in [5.41, 5.74) is 5.91. The lowest BCUT2D eigenvalue weighted by Crippen LogP contribution is -2.47. The van der Waals surface area contributed by atoms with Crippen LogP contribution in [0.1, 0.15) is 45.7 Å². The van der Waals surface area contributed by atoms with E-state index in [2.05, 4.69) is 193 Å². The van der Waals surface area contributed by atoms with Gasteiger partial charge in [0, 0.05) is 0 Å². The fourth-order valence-corrected chi connectivity index (χ4v) is 8.30. The smallest absolute Gasteiger partial charge is 0.324 e. The molecular weight excluding hydrogens is 639 g/mol. The number of rotatable bonds is 6. The molecule has 0 bridgehead atoms. The van der Waals surface area contributed by atoms with Crippen LogP contribution in [0.4, 0.5) is 0 Å². The van der Waals surface area contributed by atoms with Crippen molar-refractivity contribution in [2.24, 2.45) is 5.41 Å². The monoisotopic (exact) mass is 684 g/mol. The van der Waals surface area contributed by atoms with E-state index in [4.69, 9.17) is 4.65 Å². The van der Waals surface area contributed by atoms with Crippen molar-refractivity contribution in [1.82, 2.24) is 0 Å². The highest BCUT2D eigenvalue weighted by atomic mass is 16.5. The second kappa shape index (κ2) is 12.6. The number of benzene rings is 9. The molecule has 0 radical (unpaired) electrons. The molecule has 53 heavy (non-hydrogen) atoms. The molecule has 0 saturated heterocycles. The van der Waals surface area contributed by atoms with Crippen LogP contribution < -0.4 is 5.46 Å². The lowest BCUT2D eigenvalue weighted by atomic mass is 9.61. The van der Waals surface area contributed by atoms with Crippen molar-refractivity contribution < 1.29 is 4.65 Å². The lowest BCUT2D eigenvalue weighted by Gasteiger charge is -2.41. The molecule has 0 spiro atoms. The topological polar surface area (TPSA) is 9.23 Å². The molecule has 9 aromatic carbocycles. The quantitative estimate of drug-likeness (QED) is 0.125. The Labute approximate surface area is 313 Å². The first-order chi connectivity index (χ1) is 25.6. The van der Waals surface area contributed by atoms with Crippen LogP contribution >= 0.6 is 0 Å². The van der Waals surface area contributed by atoms with Gasteiger partial charge in [-0.25, -0.2) is 0 Å². The van der Waals surface area contributed by atoms with E-state index in [1.165, 1.54) is 92.4 Å². The van der Waals surface area contributed by atoms with E-state index in [0.29, 0.717) is 0 Å². The first-order valence-electron chi connectivity index (χ1n) is 19.0. The number of hydrogen-bond acceptors (Lipinski definition) is 1. The van der Waals surface area contributed by atoms with Gasteiger partial charge in [-0.2, -0.15) is 0 Å². The minimum atomic E-state index is -0.312. The molecule has 0 aliphatic carbocycles. The summed E-state index contributed by atoms with van der Waals surface area (Å²) in [5.74, 6) is 0. The van der Waals surface area contributed by atoms with Crippen LogP contribution in [-0.4, -0.2) is 12.5 Å². The van der Waals surface area contributed by atoms with Gasteiger partial charge in [0.1, 0.15) is 0 Å². The molecule has 0 aliphatic rings. The van der Waals surface area contributed by atoms with Crippen molar-refractivity contribution >= 4 is 77.0 Å². The van der Waals surface area contributed by atoms with Crippen LogP contribution in [0.15, 0.2) is 152 Å². The van der Waals surface area contributed by atoms with Crippen LogP contribution in [0.3, 0.4) is 0 Å². The highest BCUT2D eigenvalue weighted by Crippen LogP contribution is 2.39. The average Bonchev–Trinajstić information content (AvgIpc) is 3.17. The summed E-state index contributed by atoms with van der Waals surface area (Å²) in [4.78, 5) is 0. The first-order valence-corrected chi connectivity index (χ1v) is 19.0. The number of fused-ring (bicyclic) bond motifs is 12. The molecule has 0 aliphatic heterocycles. The third-order valence-electron chi connectivity index (χ3n) is 12.1. The van der Waals surface area contributed by atoms with Gasteiger partial charge in [0.2, 0.25) is 0 Å². The van der Waals surface area contributed by atoms with Gasteiger partial charge in [0.05, 0.1) is 5.60 Å². The minimum Gasteiger partial charge on any atom is -0.426 e. The zero-order valence-corrected chi connectivity index (χ0v) is 31.6. The van der Waals surface area contributed by atoms with E-state index < -0.39 is 0 Å². The van der Waals surface area contributed by atoms with E-state index in [0.717, 1.165) is 6.42 Å². The van der Waals surface area contributed by atoms with E-state index in [9.17, 15) is 0 Å². The first kappa shape index (κ1) is 33.4. The molecule has 0 aromatic heterocycles. The molecule has 9 aromatic rings. The predicted molar refractivity (Wildman–Crippen MR) is 232 cm³/mol. The molecular formula is C51H45BO. The Hall–Kier alpha value is -5.44. The van der Waals surface area contributed by atoms with Crippen molar-refractivity contribution in [3.63, 3.8) is 0 Å². The Bertz CT molecular complexity index is 2800. The molecule has 258 valence electrons. The Morgan fingerprint density at radius 3 is 1.28 bits per heavy atom. The minimum absolute atomic E-state index is 0.0120. The van der Waals surface area contributed by atoms with Crippen molar-refractivity contribution in [2.45, 2.75) is 53.5 Å². The molecule has 0 fully saturated rings. The van der Waals surface area contributed by atoms with Gasteiger partial charge < -0.3 is 4.65 Å². The van der Waals surface area contributed by atoms with E-state index in [1.807, 2.05) is 0 Å². The zero-order valence-electron chi connectivity index (χ0n) is 31.6. The maximum atomic E-state index is 6.91. The summed E-state index contributed by atoms with van der Waals surface area (Å²) >= 11 is 0. The van der Waals surface area contributed by atoms with Gasteiger partial charge >= 0.3 is 6.92 Å². The Balaban J connectivity index is 1.20. The van der Waals surface area contributed by atoms with Crippen molar-refractivity contribution in [1.29, 1.82) is 0 Å². The average molecular weight is 685 g/mol. The van der Waals surface area contributed by atoms with E-state index in [-0.39, 0.29) is 17.9 Å². The van der Waals surface area contributed by atoms with Gasteiger partial charge in [-0.3, -0.25) is 0 Å². The molecule has 1 nitrogen and oxygen atoms in total. The van der Waals surface area contributed by atoms with Gasteiger partial charge in [-0.05, 0) is 124 Å². The molecule has 0 unspecified atom stereocenters. The third-order valence-corrected chi connectivity index (χ3v) is 12.1. The summed E-state index contributed by atoms with van der Waals surface area (Å²) in [6.07, 6.45) is 0.828. The summed E-state index contributed by atoms with van der Waals surface area (Å²) in [6.45, 7) is 13.3. The van der Waals surface area contributed by atoms with Crippen LogP contribution in [0, 0.1) is 5.41 Å². The van der Waals surface area contributed by atoms with Crippen LogP contribution in [0.2, 0.25) is 6.82 Å². The van der Waals surface area contributed by atoms with Gasteiger partial charge in [0.15, 0.2) is 0 Å². The number of hydrogen-bond donors (Lipinski definition) is 0. The fourth-order valence-electron chi connectivity index (χ4n) is 8.30. The summed E-state index contributed by atoms with van der Waals surface area (Å²) in [7, 11) is 0. The molecule has 0 saturated carbocycles. The van der Waals surface area contributed by atoms with E-state index >= 15 is 0 Å². The van der Waals surface area contributed by atoms with E-state index in [1.54, 1.807) is 0 Å². The molecule has 9 rings (SSSR count). The highest BCUT2D eigenvalue weighted by Gasteiger charge is 2.36. The zero-order chi connectivity index (χ0) is 36.5. The van der Waals surface area contributed by atoms with Crippen LogP contribution in [0.5, 0.6) is 0 Å². The third kappa shape index (κ3) is 5.77.